The van der Waals surface area contributed by atoms with Crippen molar-refractivity contribution in [1.82, 2.24) is 20.2 Å². The van der Waals surface area contributed by atoms with Crippen molar-refractivity contribution in [2.24, 2.45) is 0 Å². The molecule has 0 spiro atoms. The smallest absolute Gasteiger partial charge is 0.146 e. The van der Waals surface area contributed by atoms with E-state index in [2.05, 4.69) is 110 Å². The molecule has 2 saturated heterocycles. The summed E-state index contributed by atoms with van der Waals surface area (Å²) >= 11 is 3.65. The lowest BCUT2D eigenvalue weighted by atomic mass is 9.96. The maximum Gasteiger partial charge on any atom is 0.146 e. The van der Waals surface area contributed by atoms with Crippen molar-refractivity contribution in [2.75, 3.05) is 31.1 Å². The molecule has 3 aliphatic rings. The number of rotatable bonds is 7. The monoisotopic (exact) mass is 617 g/mol. The van der Waals surface area contributed by atoms with Crippen LogP contribution in [0.4, 0.5) is 5.69 Å². The Morgan fingerprint density at radius 1 is 0.727 bits per heavy atom. The van der Waals surface area contributed by atoms with E-state index in [1.165, 1.54) is 62.8 Å². The first kappa shape index (κ1) is 28.0. The second-order valence-corrected chi connectivity index (χ2v) is 14.1. The van der Waals surface area contributed by atoms with E-state index in [-0.39, 0.29) is 0 Å². The van der Waals surface area contributed by atoms with Crippen LogP contribution in [0.15, 0.2) is 90.3 Å². The molecule has 5 nitrogen and oxygen atoms in total. The fourth-order valence-electron chi connectivity index (χ4n) is 7.16. The first-order valence-corrected chi connectivity index (χ1v) is 17.8. The molecule has 1 aliphatic carbocycles. The number of benzene rings is 2. The minimum Gasteiger partial charge on any atom is -0.365 e. The van der Waals surface area contributed by atoms with Gasteiger partial charge in [-0.15, -0.1) is 22.7 Å². The normalized spacial score (nSPS) is 18.1. The van der Waals surface area contributed by atoms with Gasteiger partial charge >= 0.3 is 0 Å². The molecule has 0 atom stereocenters. The van der Waals surface area contributed by atoms with Gasteiger partial charge in [0.05, 0.1) is 0 Å². The van der Waals surface area contributed by atoms with Gasteiger partial charge in [0, 0.05) is 38.8 Å². The van der Waals surface area contributed by atoms with E-state index in [4.69, 9.17) is 4.98 Å². The number of hydrogen-bond acceptors (Lipinski definition) is 6. The van der Waals surface area contributed by atoms with Crippen LogP contribution in [-0.2, 0) is 0 Å². The molecule has 8 rings (SSSR count). The molecule has 0 saturated carbocycles. The average molecular weight is 618 g/mol. The highest BCUT2D eigenvalue weighted by atomic mass is 32.1. The third-order valence-electron chi connectivity index (χ3n) is 9.43. The van der Waals surface area contributed by atoms with E-state index in [1.54, 1.807) is 11.3 Å². The fourth-order valence-corrected chi connectivity index (χ4v) is 9.05. The fraction of sp³-hybridized carbons (Fsp3) is 0.324. The van der Waals surface area contributed by atoms with E-state index in [9.17, 15) is 0 Å². The average Bonchev–Trinajstić information content (AvgIpc) is 3.84. The Morgan fingerprint density at radius 2 is 1.34 bits per heavy atom. The van der Waals surface area contributed by atoms with Crippen LogP contribution in [0.1, 0.15) is 38.5 Å². The van der Waals surface area contributed by atoms with Crippen LogP contribution in [0, 0.1) is 0 Å². The van der Waals surface area contributed by atoms with E-state index >= 15 is 0 Å². The molecule has 0 bridgehead atoms. The van der Waals surface area contributed by atoms with Gasteiger partial charge in [-0.25, -0.2) is 4.98 Å². The Balaban J connectivity index is 1.03. The number of allylic oxidation sites excluding steroid dienone is 4. The number of nitrogens with zero attached hydrogens (tertiary/aromatic N) is 3. The van der Waals surface area contributed by atoms with Gasteiger partial charge in [0.2, 0.25) is 0 Å². The molecule has 5 heterocycles. The Kier molecular flexibility index (Phi) is 7.95. The minimum atomic E-state index is 0.632. The second-order valence-electron chi connectivity index (χ2n) is 12.2. The Bertz CT molecular complexity index is 1760. The quantitative estimate of drug-likeness (QED) is 0.192. The van der Waals surface area contributed by atoms with Crippen molar-refractivity contribution in [1.29, 1.82) is 0 Å². The van der Waals surface area contributed by atoms with E-state index < -0.39 is 0 Å². The van der Waals surface area contributed by atoms with Crippen LogP contribution in [0.25, 0.3) is 48.3 Å². The minimum absolute atomic E-state index is 0.632. The van der Waals surface area contributed by atoms with Gasteiger partial charge in [-0.3, -0.25) is 4.57 Å². The number of fused-ring (bicyclic) bond motifs is 1. The van der Waals surface area contributed by atoms with Crippen LogP contribution in [0.3, 0.4) is 0 Å². The Labute approximate surface area is 268 Å². The highest BCUT2D eigenvalue weighted by Crippen LogP contribution is 2.38. The summed E-state index contributed by atoms with van der Waals surface area (Å²) in [6, 6.07) is 26.4. The molecule has 5 aromatic rings. The van der Waals surface area contributed by atoms with Gasteiger partial charge in [-0.1, -0.05) is 48.6 Å². The first-order valence-electron chi connectivity index (χ1n) is 16.1. The SMILES string of the molecule is C1=CCCC(n2c(-c3ccc(-c4ccc(-c5ccc(N(C6CCNCC6)C6CCNCC6)cc5)s4)cc3)nc3ccsc32)=C1. The van der Waals surface area contributed by atoms with Crippen LogP contribution in [-0.4, -0.2) is 47.8 Å². The first-order chi connectivity index (χ1) is 21.8. The second kappa shape index (κ2) is 12.5. The van der Waals surface area contributed by atoms with Crippen molar-refractivity contribution in [2.45, 2.75) is 50.6 Å². The molecule has 0 unspecified atom stereocenters. The summed E-state index contributed by atoms with van der Waals surface area (Å²) in [5.74, 6) is 1.04. The van der Waals surface area contributed by atoms with Crippen LogP contribution >= 0.6 is 22.7 Å². The predicted molar refractivity (Wildman–Crippen MR) is 189 cm³/mol. The maximum atomic E-state index is 5.04. The lowest BCUT2D eigenvalue weighted by Crippen LogP contribution is -2.51. The molecule has 2 fully saturated rings. The van der Waals surface area contributed by atoms with Gasteiger partial charge in [-0.2, -0.15) is 0 Å². The van der Waals surface area contributed by atoms with E-state index in [0.29, 0.717) is 12.1 Å². The summed E-state index contributed by atoms with van der Waals surface area (Å²) in [6.45, 7) is 4.50. The van der Waals surface area contributed by atoms with Crippen LogP contribution in [0.5, 0.6) is 0 Å². The highest BCUT2D eigenvalue weighted by molar-refractivity contribution is 7.18. The third kappa shape index (κ3) is 5.47. The standard InChI is InChI=1S/C37H39N5S2/c1-2-4-29(5-3-1)42-36(40-33-20-25-43-37(33)42)28-8-6-26(7-9-28)34-14-15-35(44-34)27-10-12-30(13-11-27)41(31-16-21-38-22-17-31)32-18-23-39-24-19-32/h1-2,4,6-15,20,25,31-32,38-39H,3,5,16-19,21-24H2. The van der Waals surface area contributed by atoms with Gasteiger partial charge in [-0.05, 0) is 118 Å². The molecule has 3 aromatic heterocycles. The van der Waals surface area contributed by atoms with Crippen molar-refractivity contribution < 1.29 is 0 Å². The molecule has 224 valence electrons. The molecule has 2 aromatic carbocycles. The highest BCUT2D eigenvalue weighted by Gasteiger charge is 2.29. The molecule has 2 aliphatic heterocycles. The molecular weight excluding hydrogens is 579 g/mol. The van der Waals surface area contributed by atoms with Crippen molar-refractivity contribution in [3.8, 4) is 32.3 Å². The largest absolute Gasteiger partial charge is 0.365 e. The summed E-state index contributed by atoms with van der Waals surface area (Å²) in [6.07, 6.45) is 13.7. The van der Waals surface area contributed by atoms with Crippen LogP contribution < -0.4 is 15.5 Å². The van der Waals surface area contributed by atoms with Gasteiger partial charge < -0.3 is 15.5 Å². The summed E-state index contributed by atoms with van der Waals surface area (Å²) in [5.41, 5.74) is 7.50. The van der Waals surface area contributed by atoms with E-state index in [1.807, 2.05) is 11.3 Å². The molecule has 0 amide bonds. The number of imidazole rings is 1. The summed E-state index contributed by atoms with van der Waals surface area (Å²) in [4.78, 5) is 11.7. The number of thiophene rings is 2. The number of anilines is 1. The maximum absolute atomic E-state index is 5.04. The third-order valence-corrected chi connectivity index (χ3v) is 11.5. The molecule has 0 radical (unpaired) electrons. The molecular formula is C37H39N5S2. The zero-order valence-electron chi connectivity index (χ0n) is 25.0. The van der Waals surface area contributed by atoms with Gasteiger partial charge in [0.1, 0.15) is 16.2 Å². The number of piperidine rings is 2. The zero-order chi connectivity index (χ0) is 29.3. The van der Waals surface area contributed by atoms with Crippen LogP contribution in [0.2, 0.25) is 0 Å². The Morgan fingerprint density at radius 3 is 1.95 bits per heavy atom. The summed E-state index contributed by atoms with van der Waals surface area (Å²) in [7, 11) is 0. The van der Waals surface area contributed by atoms with Crippen molar-refractivity contribution >= 4 is 44.4 Å². The van der Waals surface area contributed by atoms with Gasteiger partial charge in [0.15, 0.2) is 0 Å². The topological polar surface area (TPSA) is 45.1 Å². The molecule has 7 heteroatoms. The van der Waals surface area contributed by atoms with Gasteiger partial charge in [0.25, 0.3) is 0 Å². The Hall–Kier alpha value is -3.49. The summed E-state index contributed by atoms with van der Waals surface area (Å²) in [5, 5.41) is 9.25. The number of aromatic nitrogens is 2. The van der Waals surface area contributed by atoms with Crippen molar-refractivity contribution in [3.05, 3.63) is 90.3 Å². The predicted octanol–water partition coefficient (Wildman–Crippen LogP) is 8.66. The zero-order valence-corrected chi connectivity index (χ0v) is 26.7. The molecule has 2 N–H and O–H groups in total. The number of hydrogen-bond donors (Lipinski definition) is 2. The molecule has 44 heavy (non-hydrogen) atoms. The van der Waals surface area contributed by atoms with E-state index in [0.717, 1.165) is 55.9 Å². The summed E-state index contributed by atoms with van der Waals surface area (Å²) < 4.78 is 2.36. The van der Waals surface area contributed by atoms with Crippen molar-refractivity contribution in [3.63, 3.8) is 0 Å². The lowest BCUT2D eigenvalue weighted by molar-refractivity contribution is 0.355. The lowest BCUT2D eigenvalue weighted by Gasteiger charge is -2.43. The number of nitrogens with one attached hydrogen (secondary N) is 2.